The second-order valence-electron chi connectivity index (χ2n) is 4.78. The van der Waals surface area contributed by atoms with Gasteiger partial charge in [0.25, 0.3) is 5.91 Å². The third-order valence-corrected chi connectivity index (χ3v) is 4.09. The molecule has 2 rings (SSSR count). The summed E-state index contributed by atoms with van der Waals surface area (Å²) in [6.07, 6.45) is 0.115. The zero-order valence-corrected chi connectivity index (χ0v) is 14.0. The molecule has 1 aromatic heterocycles. The van der Waals surface area contributed by atoms with E-state index in [4.69, 9.17) is 9.47 Å². The number of hydrazine groups is 1. The van der Waals surface area contributed by atoms with Gasteiger partial charge in [-0.05, 0) is 36.8 Å². The van der Waals surface area contributed by atoms with Crippen LogP contribution in [-0.4, -0.2) is 26.0 Å². The van der Waals surface area contributed by atoms with Crippen LogP contribution in [0.4, 0.5) is 0 Å². The molecule has 0 saturated heterocycles. The zero-order chi connectivity index (χ0) is 16.8. The Labute approximate surface area is 138 Å². The minimum Gasteiger partial charge on any atom is -0.493 e. The van der Waals surface area contributed by atoms with Crippen LogP contribution in [0, 0.1) is 6.92 Å². The normalized spacial score (nSPS) is 10.0. The van der Waals surface area contributed by atoms with E-state index in [1.54, 1.807) is 31.4 Å². The maximum absolute atomic E-state index is 11.9. The topological polar surface area (TPSA) is 76.7 Å². The second-order valence-corrected chi connectivity index (χ2v) is 6.07. The van der Waals surface area contributed by atoms with Gasteiger partial charge in [0.1, 0.15) is 0 Å². The first-order chi connectivity index (χ1) is 11.0. The molecule has 7 heteroatoms. The third kappa shape index (κ3) is 4.46. The van der Waals surface area contributed by atoms with Gasteiger partial charge in [-0.3, -0.25) is 20.4 Å². The molecule has 0 spiro atoms. The first kappa shape index (κ1) is 16.8. The zero-order valence-electron chi connectivity index (χ0n) is 13.1. The van der Waals surface area contributed by atoms with Gasteiger partial charge in [-0.25, -0.2) is 0 Å². The number of thiophene rings is 1. The Morgan fingerprint density at radius 1 is 1.04 bits per heavy atom. The predicted octanol–water partition coefficient (Wildman–Crippen LogP) is 2.08. The average molecular weight is 334 g/mol. The van der Waals surface area contributed by atoms with Crippen molar-refractivity contribution in [3.05, 3.63) is 45.6 Å². The lowest BCUT2D eigenvalue weighted by atomic mass is 10.1. The van der Waals surface area contributed by atoms with Crippen LogP contribution in [0.1, 0.15) is 20.1 Å². The Hall–Kier alpha value is -2.54. The van der Waals surface area contributed by atoms with Crippen molar-refractivity contribution in [3.8, 4) is 11.5 Å². The van der Waals surface area contributed by atoms with Gasteiger partial charge in [-0.1, -0.05) is 6.07 Å². The summed E-state index contributed by atoms with van der Waals surface area (Å²) in [6.45, 7) is 1.91. The summed E-state index contributed by atoms with van der Waals surface area (Å²) < 4.78 is 10.3. The fraction of sp³-hybridized carbons (Fsp3) is 0.250. The molecule has 0 aliphatic carbocycles. The van der Waals surface area contributed by atoms with Crippen LogP contribution in [0.15, 0.2) is 30.3 Å². The number of hydrogen-bond acceptors (Lipinski definition) is 5. The first-order valence-corrected chi connectivity index (χ1v) is 7.71. The summed E-state index contributed by atoms with van der Waals surface area (Å²) in [6, 6.07) is 8.80. The van der Waals surface area contributed by atoms with Crippen LogP contribution in [-0.2, 0) is 11.2 Å². The number of aryl methyl sites for hydroxylation is 1. The van der Waals surface area contributed by atoms with E-state index in [0.717, 1.165) is 10.4 Å². The van der Waals surface area contributed by atoms with E-state index in [-0.39, 0.29) is 18.2 Å². The summed E-state index contributed by atoms with van der Waals surface area (Å²) in [5.74, 6) is 0.497. The molecule has 0 fully saturated rings. The van der Waals surface area contributed by atoms with Crippen LogP contribution in [0.25, 0.3) is 0 Å². The Bertz CT molecular complexity index is 712. The highest BCUT2D eigenvalue weighted by atomic mass is 32.1. The maximum Gasteiger partial charge on any atom is 0.279 e. The van der Waals surface area contributed by atoms with Gasteiger partial charge in [0.05, 0.1) is 25.5 Å². The summed E-state index contributed by atoms with van der Waals surface area (Å²) in [5.41, 5.74) is 5.55. The van der Waals surface area contributed by atoms with Gasteiger partial charge in [0.2, 0.25) is 5.91 Å². The van der Waals surface area contributed by atoms with Crippen molar-refractivity contribution in [2.75, 3.05) is 14.2 Å². The summed E-state index contributed by atoms with van der Waals surface area (Å²) in [7, 11) is 3.08. The van der Waals surface area contributed by atoms with Gasteiger partial charge in [0, 0.05) is 4.88 Å². The number of rotatable bonds is 5. The third-order valence-electron chi connectivity index (χ3n) is 3.09. The first-order valence-electron chi connectivity index (χ1n) is 6.90. The van der Waals surface area contributed by atoms with Gasteiger partial charge in [-0.2, -0.15) is 0 Å². The Morgan fingerprint density at radius 3 is 2.39 bits per heavy atom. The van der Waals surface area contributed by atoms with Crippen molar-refractivity contribution < 1.29 is 19.1 Å². The smallest absolute Gasteiger partial charge is 0.279 e. The number of nitrogens with one attached hydrogen (secondary N) is 2. The van der Waals surface area contributed by atoms with Gasteiger partial charge in [-0.15, -0.1) is 11.3 Å². The van der Waals surface area contributed by atoms with E-state index in [1.165, 1.54) is 18.4 Å². The molecule has 0 unspecified atom stereocenters. The van der Waals surface area contributed by atoms with Crippen molar-refractivity contribution >= 4 is 23.2 Å². The fourth-order valence-corrected chi connectivity index (χ4v) is 2.73. The van der Waals surface area contributed by atoms with Crippen LogP contribution >= 0.6 is 11.3 Å². The number of amides is 2. The van der Waals surface area contributed by atoms with Crippen molar-refractivity contribution in [1.82, 2.24) is 10.9 Å². The van der Waals surface area contributed by atoms with Crippen molar-refractivity contribution in [2.24, 2.45) is 0 Å². The summed E-state index contributed by atoms with van der Waals surface area (Å²) in [5, 5.41) is 0. The molecule has 23 heavy (non-hydrogen) atoms. The highest BCUT2D eigenvalue weighted by Crippen LogP contribution is 2.27. The molecule has 0 atom stereocenters. The molecule has 1 heterocycles. The summed E-state index contributed by atoms with van der Waals surface area (Å²) >= 11 is 1.37. The molecular weight excluding hydrogens is 316 g/mol. The number of carbonyl (C=O) groups excluding carboxylic acids is 2. The summed E-state index contributed by atoms with van der Waals surface area (Å²) in [4.78, 5) is 25.3. The van der Waals surface area contributed by atoms with E-state index in [0.29, 0.717) is 16.4 Å². The van der Waals surface area contributed by atoms with Gasteiger partial charge in [0.15, 0.2) is 11.5 Å². The van der Waals surface area contributed by atoms with E-state index in [1.807, 2.05) is 13.0 Å². The SMILES string of the molecule is COc1ccc(CC(=O)NNC(=O)c2ccc(C)s2)cc1OC. The van der Waals surface area contributed by atoms with Crippen LogP contribution in [0.5, 0.6) is 11.5 Å². The number of hydrogen-bond donors (Lipinski definition) is 2. The van der Waals surface area contributed by atoms with Gasteiger partial charge >= 0.3 is 0 Å². The molecule has 0 saturated carbocycles. The number of methoxy groups -OCH3 is 2. The molecule has 2 amide bonds. The van der Waals surface area contributed by atoms with E-state index in [2.05, 4.69) is 10.9 Å². The lowest BCUT2D eigenvalue weighted by molar-refractivity contribution is -0.121. The number of benzene rings is 1. The van der Waals surface area contributed by atoms with E-state index < -0.39 is 0 Å². The van der Waals surface area contributed by atoms with Crippen LogP contribution in [0.3, 0.4) is 0 Å². The molecule has 0 bridgehead atoms. The Balaban J connectivity index is 1.91. The fourth-order valence-electron chi connectivity index (χ4n) is 1.96. The standard InChI is InChI=1S/C16H18N2O4S/c1-10-4-7-14(23-10)16(20)18-17-15(19)9-11-5-6-12(21-2)13(8-11)22-3/h4-8H,9H2,1-3H3,(H,17,19)(H,18,20). The molecular formula is C16H18N2O4S. The van der Waals surface area contributed by atoms with Crippen molar-refractivity contribution in [3.63, 3.8) is 0 Å². The van der Waals surface area contributed by atoms with Crippen LogP contribution in [0.2, 0.25) is 0 Å². The molecule has 1 aromatic carbocycles. The highest BCUT2D eigenvalue weighted by Gasteiger charge is 2.11. The molecule has 6 nitrogen and oxygen atoms in total. The van der Waals surface area contributed by atoms with Gasteiger partial charge < -0.3 is 9.47 Å². The van der Waals surface area contributed by atoms with E-state index in [9.17, 15) is 9.59 Å². The maximum atomic E-state index is 11.9. The predicted molar refractivity (Wildman–Crippen MR) is 87.9 cm³/mol. The average Bonchev–Trinajstić information content (AvgIpc) is 2.99. The lowest BCUT2D eigenvalue weighted by Crippen LogP contribution is -2.42. The monoisotopic (exact) mass is 334 g/mol. The lowest BCUT2D eigenvalue weighted by Gasteiger charge is -2.10. The molecule has 0 radical (unpaired) electrons. The molecule has 0 aliphatic rings. The van der Waals surface area contributed by atoms with Crippen molar-refractivity contribution in [1.29, 1.82) is 0 Å². The highest BCUT2D eigenvalue weighted by molar-refractivity contribution is 7.13. The minimum atomic E-state index is -0.330. The molecule has 2 N–H and O–H groups in total. The quantitative estimate of drug-likeness (QED) is 0.821. The Kier molecular flexibility index (Phi) is 5.59. The van der Waals surface area contributed by atoms with E-state index >= 15 is 0 Å². The Morgan fingerprint density at radius 2 is 1.78 bits per heavy atom. The number of ether oxygens (including phenoxy) is 2. The van der Waals surface area contributed by atoms with Crippen LogP contribution < -0.4 is 20.3 Å². The number of carbonyl (C=O) groups is 2. The largest absolute Gasteiger partial charge is 0.493 e. The molecule has 2 aromatic rings. The molecule has 0 aliphatic heterocycles. The van der Waals surface area contributed by atoms with Crippen molar-refractivity contribution in [2.45, 2.75) is 13.3 Å². The second kappa shape index (κ2) is 7.64. The minimum absolute atomic E-state index is 0.115. The molecule has 122 valence electrons.